The zero-order chi connectivity index (χ0) is 12.7. The number of hydrogen-bond acceptors (Lipinski definition) is 2. The van der Waals surface area contributed by atoms with Crippen molar-refractivity contribution in [2.75, 3.05) is 5.75 Å². The molecule has 0 saturated carbocycles. The molecule has 0 radical (unpaired) electrons. The summed E-state index contributed by atoms with van der Waals surface area (Å²) in [6.07, 6.45) is 1.68. The predicted molar refractivity (Wildman–Crippen MR) is 73.5 cm³/mol. The molecule has 0 heterocycles. The third-order valence-corrected chi connectivity index (χ3v) is 3.80. The minimum atomic E-state index is -0.706. The van der Waals surface area contributed by atoms with Gasteiger partial charge in [-0.05, 0) is 30.1 Å². The first-order valence-corrected chi connectivity index (χ1v) is 7.02. The zero-order valence-electron chi connectivity index (χ0n) is 10.4. The molecule has 1 rings (SSSR count). The number of aliphatic carboxylic acids is 1. The number of carbonyl (C=O) groups is 1. The Balaban J connectivity index is 2.47. The minimum absolute atomic E-state index is 0.323. The topological polar surface area (TPSA) is 37.3 Å². The van der Waals surface area contributed by atoms with Gasteiger partial charge in [0.1, 0.15) is 5.25 Å². The van der Waals surface area contributed by atoms with Crippen LogP contribution in [-0.4, -0.2) is 22.1 Å². The Kier molecular flexibility index (Phi) is 6.12. The summed E-state index contributed by atoms with van der Waals surface area (Å²) in [6, 6.07) is 9.82. The van der Waals surface area contributed by atoms with Crippen LogP contribution in [0.25, 0.3) is 0 Å². The first kappa shape index (κ1) is 14.1. The second-order valence-electron chi connectivity index (χ2n) is 4.57. The third kappa shape index (κ3) is 5.78. The van der Waals surface area contributed by atoms with Gasteiger partial charge in [0.2, 0.25) is 0 Å². The summed E-state index contributed by atoms with van der Waals surface area (Å²) in [4.78, 5) is 11.2. The second-order valence-corrected chi connectivity index (χ2v) is 5.88. The second kappa shape index (κ2) is 7.38. The minimum Gasteiger partial charge on any atom is -0.480 e. The lowest BCUT2D eigenvalue weighted by molar-refractivity contribution is -0.136. The third-order valence-electron chi connectivity index (χ3n) is 2.55. The molecule has 0 fully saturated rings. The predicted octanol–water partition coefficient (Wildman–Crippen LogP) is 3.46. The maximum Gasteiger partial charge on any atom is 0.316 e. The van der Waals surface area contributed by atoms with Crippen molar-refractivity contribution in [1.29, 1.82) is 0 Å². The van der Waals surface area contributed by atoms with E-state index in [2.05, 4.69) is 13.8 Å². The maximum absolute atomic E-state index is 11.2. The molecule has 0 amide bonds. The van der Waals surface area contributed by atoms with Gasteiger partial charge >= 0.3 is 5.97 Å². The molecule has 1 N–H and O–H groups in total. The molecule has 1 aromatic carbocycles. The summed E-state index contributed by atoms with van der Waals surface area (Å²) >= 11 is 1.55. The Bertz CT molecular complexity index is 335. The number of carboxylic acid groups (broad SMARTS) is 1. The number of rotatable bonds is 7. The maximum atomic E-state index is 11.2. The molecular formula is C14H20O2S. The van der Waals surface area contributed by atoms with Crippen LogP contribution in [0.1, 0.15) is 25.8 Å². The Hall–Kier alpha value is -0.960. The average Bonchev–Trinajstić information content (AvgIpc) is 2.28. The number of hydrogen-bond donors (Lipinski definition) is 1. The molecule has 0 aliphatic carbocycles. The van der Waals surface area contributed by atoms with Gasteiger partial charge in [0.05, 0.1) is 0 Å². The molecule has 94 valence electrons. The Labute approximate surface area is 107 Å². The Morgan fingerprint density at radius 3 is 2.47 bits per heavy atom. The highest BCUT2D eigenvalue weighted by atomic mass is 32.2. The quantitative estimate of drug-likeness (QED) is 0.807. The Morgan fingerprint density at radius 2 is 1.94 bits per heavy atom. The smallest absolute Gasteiger partial charge is 0.316 e. The van der Waals surface area contributed by atoms with E-state index in [1.54, 1.807) is 11.8 Å². The van der Waals surface area contributed by atoms with E-state index in [1.807, 2.05) is 30.3 Å². The van der Waals surface area contributed by atoms with Crippen LogP contribution in [0.15, 0.2) is 30.3 Å². The normalized spacial score (nSPS) is 12.6. The molecule has 0 saturated heterocycles. The van der Waals surface area contributed by atoms with Crippen molar-refractivity contribution in [1.82, 2.24) is 0 Å². The number of carboxylic acids is 1. The van der Waals surface area contributed by atoms with Crippen LogP contribution < -0.4 is 0 Å². The SMILES string of the molecule is CC(C)CCSC(Cc1ccccc1)C(=O)O. The van der Waals surface area contributed by atoms with Crippen LogP contribution in [-0.2, 0) is 11.2 Å². The number of thioether (sulfide) groups is 1. The van der Waals surface area contributed by atoms with E-state index < -0.39 is 5.97 Å². The van der Waals surface area contributed by atoms with E-state index in [1.165, 1.54) is 0 Å². The van der Waals surface area contributed by atoms with E-state index in [9.17, 15) is 9.90 Å². The summed E-state index contributed by atoms with van der Waals surface area (Å²) < 4.78 is 0. The summed E-state index contributed by atoms with van der Waals surface area (Å²) in [6.45, 7) is 4.32. The van der Waals surface area contributed by atoms with E-state index in [0.29, 0.717) is 12.3 Å². The van der Waals surface area contributed by atoms with Crippen molar-refractivity contribution in [3.05, 3.63) is 35.9 Å². The lowest BCUT2D eigenvalue weighted by Crippen LogP contribution is -2.20. The summed E-state index contributed by atoms with van der Waals surface area (Å²) in [5.74, 6) is 0.845. The Morgan fingerprint density at radius 1 is 1.29 bits per heavy atom. The van der Waals surface area contributed by atoms with Crippen molar-refractivity contribution in [3.63, 3.8) is 0 Å². The molecule has 3 heteroatoms. The molecule has 0 spiro atoms. The van der Waals surface area contributed by atoms with Crippen molar-refractivity contribution >= 4 is 17.7 Å². The first-order chi connectivity index (χ1) is 8.09. The average molecular weight is 252 g/mol. The van der Waals surface area contributed by atoms with Gasteiger partial charge in [-0.1, -0.05) is 44.2 Å². The highest BCUT2D eigenvalue weighted by Crippen LogP contribution is 2.19. The highest BCUT2D eigenvalue weighted by molar-refractivity contribution is 8.00. The number of benzene rings is 1. The molecular weight excluding hydrogens is 232 g/mol. The van der Waals surface area contributed by atoms with Gasteiger partial charge in [0, 0.05) is 0 Å². The van der Waals surface area contributed by atoms with Gasteiger partial charge in [0.15, 0.2) is 0 Å². The van der Waals surface area contributed by atoms with Gasteiger partial charge in [-0.15, -0.1) is 11.8 Å². The van der Waals surface area contributed by atoms with E-state index in [0.717, 1.165) is 17.7 Å². The van der Waals surface area contributed by atoms with E-state index in [4.69, 9.17) is 0 Å². The largest absolute Gasteiger partial charge is 0.480 e. The standard InChI is InChI=1S/C14H20O2S/c1-11(2)8-9-17-13(14(15)16)10-12-6-4-3-5-7-12/h3-7,11,13H,8-10H2,1-2H3,(H,15,16). The monoisotopic (exact) mass is 252 g/mol. The molecule has 0 bridgehead atoms. The van der Waals surface area contributed by atoms with Crippen molar-refractivity contribution in [2.45, 2.75) is 31.9 Å². The van der Waals surface area contributed by atoms with Crippen molar-refractivity contribution < 1.29 is 9.90 Å². The highest BCUT2D eigenvalue weighted by Gasteiger charge is 2.18. The van der Waals surface area contributed by atoms with Crippen LogP contribution in [0.3, 0.4) is 0 Å². The summed E-state index contributed by atoms with van der Waals surface area (Å²) in [5.41, 5.74) is 1.09. The first-order valence-electron chi connectivity index (χ1n) is 5.98. The van der Waals surface area contributed by atoms with Gasteiger partial charge in [-0.25, -0.2) is 0 Å². The van der Waals surface area contributed by atoms with Gasteiger partial charge in [0.25, 0.3) is 0 Å². The lowest BCUT2D eigenvalue weighted by Gasteiger charge is -2.13. The molecule has 1 atom stereocenters. The zero-order valence-corrected chi connectivity index (χ0v) is 11.2. The van der Waals surface area contributed by atoms with Crippen LogP contribution in [0.4, 0.5) is 0 Å². The van der Waals surface area contributed by atoms with Gasteiger partial charge in [-0.2, -0.15) is 0 Å². The van der Waals surface area contributed by atoms with E-state index >= 15 is 0 Å². The molecule has 1 aromatic rings. The van der Waals surface area contributed by atoms with E-state index in [-0.39, 0.29) is 5.25 Å². The molecule has 0 aliphatic rings. The fourth-order valence-electron chi connectivity index (χ4n) is 1.49. The van der Waals surface area contributed by atoms with Crippen LogP contribution in [0, 0.1) is 5.92 Å². The van der Waals surface area contributed by atoms with Gasteiger partial charge in [-0.3, -0.25) is 4.79 Å². The molecule has 0 aliphatic heterocycles. The van der Waals surface area contributed by atoms with Crippen molar-refractivity contribution in [3.8, 4) is 0 Å². The van der Waals surface area contributed by atoms with Gasteiger partial charge < -0.3 is 5.11 Å². The molecule has 17 heavy (non-hydrogen) atoms. The van der Waals surface area contributed by atoms with Crippen LogP contribution in [0.2, 0.25) is 0 Å². The molecule has 0 aromatic heterocycles. The fraction of sp³-hybridized carbons (Fsp3) is 0.500. The van der Waals surface area contributed by atoms with Crippen LogP contribution >= 0.6 is 11.8 Å². The molecule has 2 nitrogen and oxygen atoms in total. The van der Waals surface area contributed by atoms with Crippen molar-refractivity contribution in [2.24, 2.45) is 5.92 Å². The summed E-state index contributed by atoms with van der Waals surface area (Å²) in [7, 11) is 0. The van der Waals surface area contributed by atoms with Crippen LogP contribution in [0.5, 0.6) is 0 Å². The molecule has 1 unspecified atom stereocenters. The summed E-state index contributed by atoms with van der Waals surface area (Å²) in [5, 5.41) is 8.86. The lowest BCUT2D eigenvalue weighted by atomic mass is 10.1. The fourth-order valence-corrected chi connectivity index (χ4v) is 2.84.